The lowest BCUT2D eigenvalue weighted by Crippen LogP contribution is -2.47. The molecule has 1 aliphatic heterocycles. The van der Waals surface area contributed by atoms with Gasteiger partial charge in [-0.15, -0.1) is 0 Å². The van der Waals surface area contributed by atoms with Gasteiger partial charge in [0.2, 0.25) is 5.91 Å². The minimum absolute atomic E-state index is 0.309. The van der Waals surface area contributed by atoms with Gasteiger partial charge in [-0.1, -0.05) is 6.42 Å². The fraction of sp³-hybridized carbons (Fsp3) is 0.650. The van der Waals surface area contributed by atoms with E-state index >= 15 is 0 Å². The number of benzene rings is 1. The first-order valence-electron chi connectivity index (χ1n) is 9.42. The maximum absolute atomic E-state index is 12.6. The van der Waals surface area contributed by atoms with Crippen molar-refractivity contribution in [2.45, 2.75) is 44.6 Å². The minimum Gasteiger partial charge on any atom is -0.497 e. The molecule has 0 spiro atoms. The van der Waals surface area contributed by atoms with Crippen molar-refractivity contribution >= 4 is 11.6 Å². The molecule has 2 aliphatic carbocycles. The van der Waals surface area contributed by atoms with E-state index < -0.39 is 0 Å². The molecule has 3 aliphatic rings. The topological polar surface area (TPSA) is 41.6 Å². The largest absolute Gasteiger partial charge is 0.497 e. The highest BCUT2D eigenvalue weighted by molar-refractivity contribution is 5.79. The second-order valence-corrected chi connectivity index (χ2v) is 7.75. The molecule has 1 aromatic carbocycles. The van der Waals surface area contributed by atoms with Crippen LogP contribution in [0.2, 0.25) is 0 Å². The second-order valence-electron chi connectivity index (χ2n) is 7.75. The standard InChI is InChI=1S/C20H28N2O2/c1-24-18-6-4-17(5-7-18)22-10-8-16(9-11-22)21-20(23)19-13-14-2-3-15(19)12-14/h4-7,14-16,19H,2-3,8-13H2,1H3,(H,21,23). The number of carbonyl (C=O) groups is 1. The van der Waals surface area contributed by atoms with Crippen molar-refractivity contribution in [3.63, 3.8) is 0 Å². The first-order chi connectivity index (χ1) is 11.7. The summed E-state index contributed by atoms with van der Waals surface area (Å²) >= 11 is 0. The number of piperidine rings is 1. The number of ether oxygens (including phenoxy) is 1. The number of methoxy groups -OCH3 is 1. The van der Waals surface area contributed by atoms with Crippen LogP contribution in [-0.4, -0.2) is 32.1 Å². The molecule has 3 unspecified atom stereocenters. The Balaban J connectivity index is 1.27. The van der Waals surface area contributed by atoms with Gasteiger partial charge in [0.1, 0.15) is 5.75 Å². The number of nitrogens with one attached hydrogen (secondary N) is 1. The Hall–Kier alpha value is -1.71. The first-order valence-corrected chi connectivity index (χ1v) is 9.42. The zero-order valence-electron chi connectivity index (χ0n) is 14.5. The molecule has 1 saturated heterocycles. The van der Waals surface area contributed by atoms with Crippen LogP contribution in [0.3, 0.4) is 0 Å². The molecular weight excluding hydrogens is 300 g/mol. The maximum atomic E-state index is 12.6. The van der Waals surface area contributed by atoms with Gasteiger partial charge in [0.05, 0.1) is 7.11 Å². The molecule has 3 atom stereocenters. The lowest BCUT2D eigenvalue weighted by atomic mass is 9.87. The monoisotopic (exact) mass is 328 g/mol. The average molecular weight is 328 g/mol. The van der Waals surface area contributed by atoms with Gasteiger partial charge in [-0.2, -0.15) is 0 Å². The zero-order chi connectivity index (χ0) is 16.5. The van der Waals surface area contributed by atoms with Crippen molar-refractivity contribution in [1.82, 2.24) is 5.32 Å². The molecule has 2 saturated carbocycles. The smallest absolute Gasteiger partial charge is 0.223 e. The van der Waals surface area contributed by atoms with E-state index in [9.17, 15) is 4.79 Å². The van der Waals surface area contributed by atoms with Crippen LogP contribution in [0, 0.1) is 17.8 Å². The van der Waals surface area contributed by atoms with E-state index in [4.69, 9.17) is 4.74 Å². The number of anilines is 1. The van der Waals surface area contributed by atoms with Crippen molar-refractivity contribution in [2.75, 3.05) is 25.1 Å². The molecule has 2 bridgehead atoms. The Morgan fingerprint density at radius 2 is 1.83 bits per heavy atom. The summed E-state index contributed by atoms with van der Waals surface area (Å²) in [5, 5.41) is 3.35. The fourth-order valence-electron chi connectivity index (χ4n) is 4.95. The van der Waals surface area contributed by atoms with Gasteiger partial charge in [0.15, 0.2) is 0 Å². The first kappa shape index (κ1) is 15.8. The van der Waals surface area contributed by atoms with Crippen molar-refractivity contribution < 1.29 is 9.53 Å². The Morgan fingerprint density at radius 1 is 1.08 bits per heavy atom. The van der Waals surface area contributed by atoms with Gasteiger partial charge in [-0.05, 0) is 68.2 Å². The molecule has 3 fully saturated rings. The minimum atomic E-state index is 0.309. The van der Waals surface area contributed by atoms with E-state index in [-0.39, 0.29) is 0 Å². The molecule has 130 valence electrons. The number of nitrogens with zero attached hydrogens (tertiary/aromatic N) is 1. The summed E-state index contributed by atoms with van der Waals surface area (Å²) in [7, 11) is 1.69. The average Bonchev–Trinajstić information content (AvgIpc) is 3.26. The normalized spacial score (nSPS) is 29.7. The summed E-state index contributed by atoms with van der Waals surface area (Å²) in [5.74, 6) is 3.05. The summed E-state index contributed by atoms with van der Waals surface area (Å²) < 4.78 is 5.22. The molecule has 4 nitrogen and oxygen atoms in total. The fourth-order valence-corrected chi connectivity index (χ4v) is 4.95. The van der Waals surface area contributed by atoms with Crippen molar-refractivity contribution in [3.05, 3.63) is 24.3 Å². The van der Waals surface area contributed by atoms with Crippen LogP contribution in [0.25, 0.3) is 0 Å². The van der Waals surface area contributed by atoms with Crippen molar-refractivity contribution in [3.8, 4) is 5.75 Å². The number of hydrogen-bond acceptors (Lipinski definition) is 3. The van der Waals surface area contributed by atoms with Crippen LogP contribution in [0.1, 0.15) is 38.5 Å². The van der Waals surface area contributed by atoms with E-state index in [0.717, 1.165) is 44.0 Å². The highest BCUT2D eigenvalue weighted by atomic mass is 16.5. The maximum Gasteiger partial charge on any atom is 0.223 e. The molecule has 1 aromatic rings. The summed E-state index contributed by atoms with van der Waals surface area (Å²) in [6.07, 6.45) is 7.15. The van der Waals surface area contributed by atoms with Gasteiger partial charge >= 0.3 is 0 Å². The summed E-state index contributed by atoms with van der Waals surface area (Å²) in [4.78, 5) is 15.0. The SMILES string of the molecule is COc1ccc(N2CCC(NC(=O)C3CC4CCC3C4)CC2)cc1. The Kier molecular flexibility index (Phi) is 4.38. The number of carbonyl (C=O) groups excluding carboxylic acids is 1. The zero-order valence-corrected chi connectivity index (χ0v) is 14.5. The lowest BCUT2D eigenvalue weighted by molar-refractivity contribution is -0.127. The highest BCUT2D eigenvalue weighted by Crippen LogP contribution is 2.48. The quantitative estimate of drug-likeness (QED) is 0.923. The molecule has 4 rings (SSSR count). The third-order valence-corrected chi connectivity index (χ3v) is 6.35. The Morgan fingerprint density at radius 3 is 2.42 bits per heavy atom. The summed E-state index contributed by atoms with van der Waals surface area (Å²) in [6.45, 7) is 2.02. The molecule has 0 radical (unpaired) electrons. The predicted molar refractivity (Wildman–Crippen MR) is 95.3 cm³/mol. The van der Waals surface area contributed by atoms with Crippen LogP contribution in [0.4, 0.5) is 5.69 Å². The summed E-state index contributed by atoms with van der Waals surface area (Å²) in [5.41, 5.74) is 1.24. The van der Waals surface area contributed by atoms with Gasteiger partial charge in [0, 0.05) is 30.7 Å². The van der Waals surface area contributed by atoms with Crippen LogP contribution in [0.15, 0.2) is 24.3 Å². The van der Waals surface area contributed by atoms with Crippen LogP contribution >= 0.6 is 0 Å². The third-order valence-electron chi connectivity index (χ3n) is 6.35. The number of amides is 1. The molecule has 1 heterocycles. The van der Waals surface area contributed by atoms with E-state index in [1.165, 1.54) is 24.9 Å². The van der Waals surface area contributed by atoms with Crippen LogP contribution in [0.5, 0.6) is 5.75 Å². The van der Waals surface area contributed by atoms with E-state index in [1.54, 1.807) is 7.11 Å². The van der Waals surface area contributed by atoms with E-state index in [1.807, 2.05) is 12.1 Å². The number of rotatable bonds is 4. The Labute approximate surface area is 144 Å². The second kappa shape index (κ2) is 6.66. The number of fused-ring (bicyclic) bond motifs is 2. The summed E-state index contributed by atoms with van der Waals surface area (Å²) in [6, 6.07) is 8.61. The number of hydrogen-bond donors (Lipinski definition) is 1. The van der Waals surface area contributed by atoms with Gasteiger partial charge in [-0.25, -0.2) is 0 Å². The van der Waals surface area contributed by atoms with Crippen LogP contribution in [-0.2, 0) is 4.79 Å². The predicted octanol–water partition coefficient (Wildman–Crippen LogP) is 3.22. The molecule has 4 heteroatoms. The molecular formula is C20H28N2O2. The van der Waals surface area contributed by atoms with E-state index in [0.29, 0.717) is 23.8 Å². The molecule has 1 amide bonds. The van der Waals surface area contributed by atoms with Crippen LogP contribution < -0.4 is 15.0 Å². The van der Waals surface area contributed by atoms with Gasteiger partial charge < -0.3 is 15.0 Å². The van der Waals surface area contributed by atoms with Crippen molar-refractivity contribution in [1.29, 1.82) is 0 Å². The van der Waals surface area contributed by atoms with Gasteiger partial charge in [-0.3, -0.25) is 4.79 Å². The van der Waals surface area contributed by atoms with Gasteiger partial charge in [0.25, 0.3) is 0 Å². The molecule has 0 aromatic heterocycles. The lowest BCUT2D eigenvalue weighted by Gasteiger charge is -2.35. The Bertz CT molecular complexity index is 578. The molecule has 24 heavy (non-hydrogen) atoms. The van der Waals surface area contributed by atoms with E-state index in [2.05, 4.69) is 22.3 Å². The highest BCUT2D eigenvalue weighted by Gasteiger charge is 2.43. The molecule has 1 N–H and O–H groups in total. The third kappa shape index (κ3) is 3.11. The van der Waals surface area contributed by atoms with Crippen molar-refractivity contribution in [2.24, 2.45) is 17.8 Å².